The SMILES string of the molecule is CC(C)C[PH](CC(C)C)(CC(C)C)[Co]([Br])([PH](CC(C)C)(CC(C)C)CC(C)C)[PH](CC(C)C)(CC(C)C)CC(C)C. The quantitative estimate of drug-likeness (QED) is 0.103. The maximum absolute atomic E-state index is 5.51. The molecule has 0 bridgehead atoms. The van der Waals surface area contributed by atoms with E-state index in [1.165, 1.54) is 0 Å². The molecular formula is C36H84BrCoP3. The topological polar surface area (TPSA) is 0 Å². The van der Waals surface area contributed by atoms with Crippen molar-refractivity contribution in [1.29, 1.82) is 0 Å². The third-order valence-electron chi connectivity index (χ3n) is 8.35. The molecule has 0 N–H and O–H groups in total. The number of rotatable bonds is 21. The van der Waals surface area contributed by atoms with Crippen LogP contribution in [0.1, 0.15) is 125 Å². The molecule has 0 aromatic carbocycles. The van der Waals surface area contributed by atoms with Crippen molar-refractivity contribution in [1.82, 2.24) is 0 Å². The molecule has 0 aromatic rings. The van der Waals surface area contributed by atoms with Gasteiger partial charge in [-0.25, -0.2) is 0 Å². The van der Waals surface area contributed by atoms with Crippen molar-refractivity contribution < 1.29 is 9.51 Å². The molecule has 0 heterocycles. The van der Waals surface area contributed by atoms with Crippen LogP contribution in [0.2, 0.25) is 0 Å². The van der Waals surface area contributed by atoms with Crippen molar-refractivity contribution in [2.45, 2.75) is 125 Å². The third kappa shape index (κ3) is 12.4. The third-order valence-corrected chi connectivity index (χ3v) is 91.5. The molecule has 0 saturated carbocycles. The molecule has 0 radical (unpaired) electrons. The van der Waals surface area contributed by atoms with E-state index in [1.807, 2.05) is 0 Å². The zero-order valence-electron chi connectivity index (χ0n) is 31.8. The van der Waals surface area contributed by atoms with Crippen LogP contribution in [-0.2, 0) is 9.51 Å². The second-order valence-electron chi connectivity index (χ2n) is 18.1. The fraction of sp³-hybridized carbons (Fsp3) is 1.00. The Hall–Kier alpha value is 2.28. The molecule has 0 unspecified atom stereocenters. The van der Waals surface area contributed by atoms with E-state index in [0.717, 1.165) is 53.3 Å². The van der Waals surface area contributed by atoms with Crippen LogP contribution >= 0.6 is 32.2 Å². The Bertz CT molecular complexity index is 539. The maximum atomic E-state index is 5.51. The van der Waals surface area contributed by atoms with Crippen LogP contribution in [0.15, 0.2) is 0 Å². The van der Waals surface area contributed by atoms with Gasteiger partial charge in [0.05, 0.1) is 0 Å². The van der Waals surface area contributed by atoms with Gasteiger partial charge in [0.1, 0.15) is 0 Å². The Morgan fingerprint density at radius 3 is 0.463 bits per heavy atom. The predicted octanol–water partition coefficient (Wildman–Crippen LogP) is 13.3. The van der Waals surface area contributed by atoms with Gasteiger partial charge in [0, 0.05) is 0 Å². The van der Waals surface area contributed by atoms with Gasteiger partial charge in [-0.3, -0.25) is 0 Å². The molecule has 0 atom stereocenters. The molecule has 0 rings (SSSR count). The first kappa shape index (κ1) is 43.3. The molecule has 0 aliphatic carbocycles. The van der Waals surface area contributed by atoms with Crippen LogP contribution in [0.25, 0.3) is 0 Å². The van der Waals surface area contributed by atoms with Crippen LogP contribution in [-0.4, -0.2) is 55.5 Å². The van der Waals surface area contributed by atoms with E-state index in [2.05, 4.69) is 125 Å². The molecule has 0 fully saturated rings. The van der Waals surface area contributed by atoms with Gasteiger partial charge in [0.2, 0.25) is 0 Å². The minimum absolute atomic E-state index is 0.809. The summed E-state index contributed by atoms with van der Waals surface area (Å²) in [5.41, 5.74) is 0. The second kappa shape index (κ2) is 18.6. The summed E-state index contributed by atoms with van der Waals surface area (Å²) in [6.07, 6.45) is 14.2. The van der Waals surface area contributed by atoms with Gasteiger partial charge in [0.25, 0.3) is 0 Å². The average Bonchev–Trinajstić information content (AvgIpc) is 2.67. The van der Waals surface area contributed by atoms with Crippen molar-refractivity contribution >= 4 is 32.2 Å². The van der Waals surface area contributed by atoms with Crippen molar-refractivity contribution in [3.05, 3.63) is 0 Å². The van der Waals surface area contributed by atoms with Gasteiger partial charge >= 0.3 is 275 Å². The van der Waals surface area contributed by atoms with Crippen molar-refractivity contribution in [2.75, 3.05) is 55.5 Å². The normalized spacial score (nSPS) is 17.8. The van der Waals surface area contributed by atoms with Crippen LogP contribution in [0.5, 0.6) is 0 Å². The Kier molecular flexibility index (Phi) is 19.6. The van der Waals surface area contributed by atoms with Gasteiger partial charge in [-0.05, 0) is 0 Å². The predicted molar refractivity (Wildman–Crippen MR) is 211 cm³/mol. The molecule has 0 amide bonds. The zero-order valence-corrected chi connectivity index (χ0v) is 37.4. The Morgan fingerprint density at radius 2 is 0.390 bits per heavy atom. The van der Waals surface area contributed by atoms with Crippen LogP contribution in [0.3, 0.4) is 0 Å². The van der Waals surface area contributed by atoms with Crippen molar-refractivity contribution in [2.24, 2.45) is 53.3 Å². The first-order valence-electron chi connectivity index (χ1n) is 17.9. The fourth-order valence-electron chi connectivity index (χ4n) is 9.14. The number of hydrogen-bond donors (Lipinski definition) is 0. The molecule has 0 aliphatic rings. The van der Waals surface area contributed by atoms with Gasteiger partial charge in [0.15, 0.2) is 0 Å². The molecule has 0 aliphatic heterocycles. The standard InChI is InChI=1S/3C12H27P.BrH.Co/c3*1-10(2)7-13(8-11(3)4)9-12(5)6;;/h3*10-12H,7-9H2,1-6H3;1H;/q;;;;-2/p+2. The number of halogens is 1. The van der Waals surface area contributed by atoms with Crippen LogP contribution in [0, 0.1) is 53.3 Å². The van der Waals surface area contributed by atoms with Crippen molar-refractivity contribution in [3.63, 3.8) is 0 Å². The molecular weight excluding hydrogens is 664 g/mol. The Labute approximate surface area is 273 Å². The summed E-state index contributed by atoms with van der Waals surface area (Å²) in [6, 6.07) is 0. The first-order valence-corrected chi connectivity index (χ1v) is 32.5. The summed E-state index contributed by atoms with van der Waals surface area (Å²) < 4.78 is 0. The van der Waals surface area contributed by atoms with Crippen molar-refractivity contribution in [3.8, 4) is 0 Å². The van der Waals surface area contributed by atoms with E-state index in [-0.39, 0.29) is 0 Å². The monoisotopic (exact) mass is 747 g/mol. The molecule has 0 nitrogen and oxygen atoms in total. The first-order chi connectivity index (χ1) is 18.5. The van der Waals surface area contributed by atoms with Gasteiger partial charge < -0.3 is 0 Å². The van der Waals surface area contributed by atoms with Gasteiger partial charge in [-0.15, -0.1) is 0 Å². The molecule has 0 spiro atoms. The molecule has 41 heavy (non-hydrogen) atoms. The van der Waals surface area contributed by atoms with E-state index in [0.29, 0.717) is 0 Å². The van der Waals surface area contributed by atoms with E-state index in [1.54, 1.807) is 55.5 Å². The Balaban J connectivity index is 8.77. The van der Waals surface area contributed by atoms with E-state index in [4.69, 9.17) is 14.2 Å². The summed E-state index contributed by atoms with van der Waals surface area (Å²) in [5.74, 6) is 2.00. The molecule has 259 valence electrons. The molecule has 5 heteroatoms. The van der Waals surface area contributed by atoms with Crippen LogP contribution in [0.4, 0.5) is 0 Å². The summed E-state index contributed by atoms with van der Waals surface area (Å²) in [4.78, 5) is 0. The molecule has 0 aromatic heterocycles. The van der Waals surface area contributed by atoms with E-state index in [9.17, 15) is 0 Å². The van der Waals surface area contributed by atoms with E-state index < -0.39 is 27.5 Å². The average molecular weight is 749 g/mol. The van der Waals surface area contributed by atoms with Gasteiger partial charge in [-0.1, -0.05) is 0 Å². The summed E-state index contributed by atoms with van der Waals surface area (Å²) in [6.45, 7) is 46.9. The summed E-state index contributed by atoms with van der Waals surface area (Å²) in [5, 5.41) is 0. The second-order valence-corrected chi connectivity index (χ2v) is 59.3. The fourth-order valence-corrected chi connectivity index (χ4v) is 112. The number of hydrogen-bond acceptors (Lipinski definition) is 0. The summed E-state index contributed by atoms with van der Waals surface area (Å²) >= 11 is 5.51. The van der Waals surface area contributed by atoms with Gasteiger partial charge in [-0.2, -0.15) is 0 Å². The zero-order chi connectivity index (χ0) is 32.6. The van der Waals surface area contributed by atoms with E-state index >= 15 is 0 Å². The molecule has 0 saturated heterocycles. The minimum atomic E-state index is -1.76. The van der Waals surface area contributed by atoms with Crippen LogP contribution < -0.4 is 0 Å². The Morgan fingerprint density at radius 1 is 0.293 bits per heavy atom. The summed E-state index contributed by atoms with van der Waals surface area (Å²) in [7, 11) is -1.42.